The van der Waals surface area contributed by atoms with Crippen molar-refractivity contribution in [3.63, 3.8) is 0 Å². The van der Waals surface area contributed by atoms with Crippen molar-refractivity contribution >= 4 is 35.0 Å². The highest BCUT2D eigenvalue weighted by molar-refractivity contribution is 7.99. The first-order chi connectivity index (χ1) is 13.8. The van der Waals surface area contributed by atoms with E-state index in [1.807, 2.05) is 0 Å². The molecule has 0 fully saturated rings. The van der Waals surface area contributed by atoms with Gasteiger partial charge in [-0.2, -0.15) is 17.9 Å². The Bertz CT molecular complexity index is 1030. The van der Waals surface area contributed by atoms with Gasteiger partial charge < -0.3 is 10.1 Å². The van der Waals surface area contributed by atoms with E-state index in [0.717, 1.165) is 23.9 Å². The first-order valence-electron chi connectivity index (χ1n) is 8.00. The number of nitrogens with one attached hydrogen (secondary N) is 1. The molecular weight excluding hydrogens is 431 g/mol. The largest absolute Gasteiger partial charge is 0.494 e. The third-order valence-electron chi connectivity index (χ3n) is 3.65. The van der Waals surface area contributed by atoms with E-state index in [1.54, 1.807) is 24.3 Å². The number of methoxy groups -OCH3 is 1. The summed E-state index contributed by atoms with van der Waals surface area (Å²) >= 11 is 6.60. The van der Waals surface area contributed by atoms with E-state index < -0.39 is 17.6 Å². The number of thioether (sulfide) groups is 1. The topological polar surface area (TPSA) is 81.9 Å². The summed E-state index contributed by atoms with van der Waals surface area (Å²) in [4.78, 5) is 12.2. The lowest BCUT2D eigenvalue weighted by Gasteiger charge is -2.14. The fourth-order valence-corrected chi connectivity index (χ4v) is 3.26. The van der Waals surface area contributed by atoms with Crippen molar-refractivity contribution in [3.8, 4) is 11.4 Å². The second-order valence-electron chi connectivity index (χ2n) is 5.57. The normalized spacial score (nSPS) is 11.3. The molecule has 0 bridgehead atoms. The number of anilines is 1. The van der Waals surface area contributed by atoms with Crippen LogP contribution in [-0.4, -0.2) is 39.0 Å². The summed E-state index contributed by atoms with van der Waals surface area (Å²) in [7, 11) is 1.49. The van der Waals surface area contributed by atoms with Gasteiger partial charge in [0.05, 0.1) is 24.1 Å². The van der Waals surface area contributed by atoms with Gasteiger partial charge in [0, 0.05) is 5.02 Å². The number of para-hydroxylation sites is 2. The van der Waals surface area contributed by atoms with E-state index in [-0.39, 0.29) is 21.6 Å². The van der Waals surface area contributed by atoms with Crippen LogP contribution in [0.25, 0.3) is 5.69 Å². The van der Waals surface area contributed by atoms with Crippen molar-refractivity contribution in [3.05, 3.63) is 53.1 Å². The number of halogens is 4. The zero-order valence-electron chi connectivity index (χ0n) is 14.8. The number of rotatable bonds is 6. The van der Waals surface area contributed by atoms with E-state index in [1.165, 1.54) is 17.9 Å². The van der Waals surface area contributed by atoms with Gasteiger partial charge in [0.2, 0.25) is 11.1 Å². The van der Waals surface area contributed by atoms with Gasteiger partial charge >= 0.3 is 6.18 Å². The van der Waals surface area contributed by atoms with Gasteiger partial charge in [0.25, 0.3) is 0 Å². The minimum absolute atomic E-state index is 0.0827. The molecule has 29 heavy (non-hydrogen) atoms. The van der Waals surface area contributed by atoms with Crippen molar-refractivity contribution in [1.29, 1.82) is 0 Å². The van der Waals surface area contributed by atoms with Crippen molar-refractivity contribution < 1.29 is 22.7 Å². The van der Waals surface area contributed by atoms with Gasteiger partial charge in [-0.25, -0.2) is 0 Å². The summed E-state index contributed by atoms with van der Waals surface area (Å²) in [6.45, 7) is 0. The Morgan fingerprint density at radius 2 is 2.03 bits per heavy atom. The molecule has 1 N–H and O–H groups in total. The van der Waals surface area contributed by atoms with Crippen molar-refractivity contribution in [2.75, 3.05) is 18.2 Å². The summed E-state index contributed by atoms with van der Waals surface area (Å²) in [5.41, 5.74) is -0.848. The average molecular weight is 444 g/mol. The molecule has 0 unspecified atom stereocenters. The summed E-state index contributed by atoms with van der Waals surface area (Å²) in [5, 5.41) is 13.7. The second kappa shape index (κ2) is 8.70. The highest BCUT2D eigenvalue weighted by atomic mass is 35.5. The van der Waals surface area contributed by atoms with E-state index in [0.29, 0.717) is 11.4 Å². The molecule has 2 aromatic carbocycles. The Labute approximate surface area is 172 Å². The molecule has 12 heteroatoms. The molecule has 0 saturated heterocycles. The lowest BCUT2D eigenvalue weighted by molar-refractivity contribution is -0.137. The number of carbonyl (C=O) groups is 1. The Morgan fingerprint density at radius 3 is 2.76 bits per heavy atom. The lowest BCUT2D eigenvalue weighted by Crippen LogP contribution is -2.18. The van der Waals surface area contributed by atoms with Crippen LogP contribution in [0.5, 0.6) is 5.75 Å². The van der Waals surface area contributed by atoms with Crippen LogP contribution in [0.3, 0.4) is 0 Å². The maximum Gasteiger partial charge on any atom is 0.418 e. The molecule has 152 valence electrons. The predicted molar refractivity (Wildman–Crippen MR) is 102 cm³/mol. The number of amides is 1. The van der Waals surface area contributed by atoms with Gasteiger partial charge in [-0.05, 0) is 40.8 Å². The molecule has 0 aliphatic rings. The number of ether oxygens (including phenoxy) is 1. The molecule has 0 saturated carbocycles. The van der Waals surface area contributed by atoms with Crippen molar-refractivity contribution in [2.45, 2.75) is 11.3 Å². The van der Waals surface area contributed by atoms with Gasteiger partial charge in [-0.3, -0.25) is 4.79 Å². The number of aromatic nitrogens is 4. The Hall–Kier alpha value is -2.79. The summed E-state index contributed by atoms with van der Waals surface area (Å²) < 4.78 is 46.1. The Kier molecular flexibility index (Phi) is 6.28. The monoisotopic (exact) mass is 443 g/mol. The quantitative estimate of drug-likeness (QED) is 0.578. The third kappa shape index (κ3) is 4.98. The number of tetrazole rings is 1. The van der Waals surface area contributed by atoms with Crippen LogP contribution in [0.15, 0.2) is 47.6 Å². The van der Waals surface area contributed by atoms with Crippen LogP contribution in [0.2, 0.25) is 5.02 Å². The molecule has 3 aromatic rings. The highest BCUT2D eigenvalue weighted by Crippen LogP contribution is 2.36. The van der Waals surface area contributed by atoms with E-state index in [4.69, 9.17) is 16.3 Å². The van der Waals surface area contributed by atoms with Crippen LogP contribution in [-0.2, 0) is 11.0 Å². The van der Waals surface area contributed by atoms with Gasteiger partial charge in [0.15, 0.2) is 0 Å². The van der Waals surface area contributed by atoms with Crippen LogP contribution in [0, 0.1) is 0 Å². The number of hydrogen-bond acceptors (Lipinski definition) is 6. The molecule has 1 aromatic heterocycles. The van der Waals surface area contributed by atoms with Crippen LogP contribution in [0.4, 0.5) is 18.9 Å². The standard InChI is InChI=1S/C17H13ClF3N5O2S/c1-28-14-5-3-2-4-13(14)26-16(23-24-25-26)29-9-15(27)22-12-7-6-10(18)8-11(12)17(19,20)21/h2-8H,9H2,1H3,(H,22,27). The highest BCUT2D eigenvalue weighted by Gasteiger charge is 2.34. The molecule has 0 spiro atoms. The van der Waals surface area contributed by atoms with Gasteiger partial charge in [0.1, 0.15) is 11.4 Å². The molecular formula is C17H13ClF3N5O2S. The molecule has 7 nitrogen and oxygen atoms in total. The fraction of sp³-hybridized carbons (Fsp3) is 0.176. The molecule has 0 aliphatic heterocycles. The molecule has 1 heterocycles. The van der Waals surface area contributed by atoms with Crippen molar-refractivity contribution in [2.24, 2.45) is 0 Å². The fourth-order valence-electron chi connectivity index (χ4n) is 2.40. The molecule has 1 amide bonds. The third-order valence-corrected chi connectivity index (χ3v) is 4.80. The van der Waals surface area contributed by atoms with Crippen LogP contribution < -0.4 is 10.1 Å². The molecule has 0 atom stereocenters. The van der Waals surface area contributed by atoms with Gasteiger partial charge in [-0.1, -0.05) is 35.5 Å². The zero-order chi connectivity index (χ0) is 21.0. The minimum atomic E-state index is -4.66. The number of hydrogen-bond donors (Lipinski definition) is 1. The molecule has 0 aliphatic carbocycles. The van der Waals surface area contributed by atoms with E-state index in [9.17, 15) is 18.0 Å². The van der Waals surface area contributed by atoms with E-state index in [2.05, 4.69) is 20.8 Å². The number of benzene rings is 2. The molecule has 3 rings (SSSR count). The van der Waals surface area contributed by atoms with Gasteiger partial charge in [-0.15, -0.1) is 5.10 Å². The number of carbonyl (C=O) groups excluding carboxylic acids is 1. The second-order valence-corrected chi connectivity index (χ2v) is 6.95. The summed E-state index contributed by atoms with van der Waals surface area (Å²) in [6, 6.07) is 10.1. The minimum Gasteiger partial charge on any atom is -0.494 e. The summed E-state index contributed by atoms with van der Waals surface area (Å²) in [6.07, 6.45) is -4.66. The smallest absolute Gasteiger partial charge is 0.418 e. The number of nitrogens with zero attached hydrogens (tertiary/aromatic N) is 4. The summed E-state index contributed by atoms with van der Waals surface area (Å²) in [5.74, 6) is -0.352. The van der Waals surface area contributed by atoms with E-state index >= 15 is 0 Å². The first-order valence-corrected chi connectivity index (χ1v) is 9.37. The zero-order valence-corrected chi connectivity index (χ0v) is 16.3. The predicted octanol–water partition coefficient (Wildman–Crippen LogP) is 4.07. The SMILES string of the molecule is COc1ccccc1-n1nnnc1SCC(=O)Nc1ccc(Cl)cc1C(F)(F)F. The molecule has 0 radical (unpaired) electrons. The number of alkyl halides is 3. The first kappa shape index (κ1) is 20.9. The average Bonchev–Trinajstić information content (AvgIpc) is 3.15. The Balaban J connectivity index is 1.73. The van der Waals surface area contributed by atoms with Crippen molar-refractivity contribution in [1.82, 2.24) is 20.2 Å². The van der Waals surface area contributed by atoms with Crippen LogP contribution in [0.1, 0.15) is 5.56 Å². The maximum atomic E-state index is 13.1. The Morgan fingerprint density at radius 1 is 1.28 bits per heavy atom. The maximum absolute atomic E-state index is 13.1. The lowest BCUT2D eigenvalue weighted by atomic mass is 10.1. The van der Waals surface area contributed by atoms with Crippen LogP contribution >= 0.6 is 23.4 Å².